The van der Waals surface area contributed by atoms with E-state index in [0.717, 1.165) is 24.0 Å². The van der Waals surface area contributed by atoms with Crippen molar-refractivity contribution in [3.8, 4) is 11.1 Å². The molecule has 0 saturated heterocycles. The average molecular weight is 423 g/mol. The van der Waals surface area contributed by atoms with E-state index in [1.165, 1.54) is 11.3 Å². The quantitative estimate of drug-likeness (QED) is 0.618. The number of nitrogens with one attached hydrogen (secondary N) is 2. The SMILES string of the molecule is O=C(NC1CC1)c1c(-c2ccccc2)csc1NC(=O)[C@@H]1[C@@H](C(=O)O)[C@@H]2C=C[C@H]1C2. The van der Waals surface area contributed by atoms with Gasteiger partial charge in [-0.1, -0.05) is 42.5 Å². The molecule has 0 spiro atoms. The third-order valence-corrected chi connectivity index (χ3v) is 7.19. The lowest BCUT2D eigenvalue weighted by Crippen LogP contribution is -2.36. The van der Waals surface area contributed by atoms with Gasteiger partial charge in [-0.3, -0.25) is 14.4 Å². The predicted octanol–water partition coefficient (Wildman–Crippen LogP) is 3.77. The van der Waals surface area contributed by atoms with Gasteiger partial charge in [0.25, 0.3) is 5.91 Å². The number of allylic oxidation sites excluding steroid dienone is 2. The van der Waals surface area contributed by atoms with E-state index in [9.17, 15) is 19.5 Å². The molecule has 1 aromatic carbocycles. The van der Waals surface area contributed by atoms with Crippen LogP contribution in [0.3, 0.4) is 0 Å². The number of anilines is 1. The molecule has 2 bridgehead atoms. The highest BCUT2D eigenvalue weighted by Gasteiger charge is 2.51. The topological polar surface area (TPSA) is 95.5 Å². The van der Waals surface area contributed by atoms with Gasteiger partial charge in [-0.15, -0.1) is 11.3 Å². The van der Waals surface area contributed by atoms with Crippen molar-refractivity contribution in [1.82, 2.24) is 5.32 Å². The van der Waals surface area contributed by atoms with Crippen LogP contribution in [0.15, 0.2) is 47.9 Å². The first-order valence-electron chi connectivity index (χ1n) is 10.2. The molecule has 1 heterocycles. The molecular formula is C23H22N2O4S. The number of carboxylic acids is 1. The number of carboxylic acid groups (broad SMARTS) is 1. The third kappa shape index (κ3) is 3.33. The van der Waals surface area contributed by atoms with E-state index in [1.807, 2.05) is 47.9 Å². The molecule has 3 aliphatic carbocycles. The van der Waals surface area contributed by atoms with E-state index >= 15 is 0 Å². The van der Waals surface area contributed by atoms with Crippen LogP contribution in [0.5, 0.6) is 0 Å². The Bertz CT molecular complexity index is 1040. The van der Waals surface area contributed by atoms with E-state index in [1.54, 1.807) is 0 Å². The van der Waals surface area contributed by atoms with Crippen LogP contribution in [0.25, 0.3) is 11.1 Å². The second kappa shape index (κ2) is 7.40. The number of carbonyl (C=O) groups is 3. The molecule has 0 aliphatic heterocycles. The Morgan fingerprint density at radius 3 is 2.37 bits per heavy atom. The second-order valence-electron chi connectivity index (χ2n) is 8.29. The van der Waals surface area contributed by atoms with Crippen molar-refractivity contribution >= 4 is 34.1 Å². The van der Waals surface area contributed by atoms with Crippen molar-refractivity contribution in [2.75, 3.05) is 5.32 Å². The first-order chi connectivity index (χ1) is 14.5. The Hall–Kier alpha value is -2.93. The van der Waals surface area contributed by atoms with Gasteiger partial charge in [0, 0.05) is 17.0 Å². The summed E-state index contributed by atoms with van der Waals surface area (Å²) >= 11 is 1.31. The Kier molecular flexibility index (Phi) is 4.70. The molecule has 154 valence electrons. The lowest BCUT2D eigenvalue weighted by molar-refractivity contribution is -0.146. The second-order valence-corrected chi connectivity index (χ2v) is 9.17. The fourth-order valence-corrected chi connectivity index (χ4v) is 5.67. The monoisotopic (exact) mass is 422 g/mol. The van der Waals surface area contributed by atoms with Gasteiger partial charge in [-0.2, -0.15) is 0 Å². The van der Waals surface area contributed by atoms with Crippen molar-refractivity contribution in [3.63, 3.8) is 0 Å². The van der Waals surface area contributed by atoms with Gasteiger partial charge in [-0.05, 0) is 36.7 Å². The molecular weight excluding hydrogens is 400 g/mol. The highest BCUT2D eigenvalue weighted by atomic mass is 32.1. The molecule has 0 radical (unpaired) electrons. The fourth-order valence-electron chi connectivity index (χ4n) is 4.70. The Morgan fingerprint density at radius 2 is 1.70 bits per heavy atom. The van der Waals surface area contributed by atoms with Crippen LogP contribution in [0.2, 0.25) is 0 Å². The van der Waals surface area contributed by atoms with Gasteiger partial charge in [0.1, 0.15) is 5.00 Å². The summed E-state index contributed by atoms with van der Waals surface area (Å²) in [5.74, 6) is -2.93. The maximum Gasteiger partial charge on any atom is 0.307 e. The number of amides is 2. The van der Waals surface area contributed by atoms with Crippen LogP contribution in [0.1, 0.15) is 29.6 Å². The smallest absolute Gasteiger partial charge is 0.307 e. The molecule has 1 aromatic heterocycles. The van der Waals surface area contributed by atoms with Crippen LogP contribution in [-0.4, -0.2) is 28.9 Å². The van der Waals surface area contributed by atoms with Gasteiger partial charge < -0.3 is 15.7 Å². The molecule has 4 atom stereocenters. The first kappa shape index (κ1) is 19.1. The lowest BCUT2D eigenvalue weighted by atomic mass is 9.82. The molecule has 6 nitrogen and oxygen atoms in total. The van der Waals surface area contributed by atoms with Crippen LogP contribution >= 0.6 is 11.3 Å². The number of thiophene rings is 1. The maximum atomic E-state index is 13.1. The predicted molar refractivity (Wildman–Crippen MR) is 114 cm³/mol. The van der Waals surface area contributed by atoms with Crippen LogP contribution in [0.4, 0.5) is 5.00 Å². The first-order valence-corrected chi connectivity index (χ1v) is 11.1. The van der Waals surface area contributed by atoms with Gasteiger partial charge in [0.15, 0.2) is 0 Å². The summed E-state index contributed by atoms with van der Waals surface area (Å²) in [5, 5.41) is 17.9. The average Bonchev–Trinajstić information content (AvgIpc) is 3.15. The highest BCUT2D eigenvalue weighted by molar-refractivity contribution is 7.15. The van der Waals surface area contributed by atoms with Crippen molar-refractivity contribution in [3.05, 3.63) is 53.4 Å². The minimum Gasteiger partial charge on any atom is -0.481 e. The molecule has 3 N–H and O–H groups in total. The van der Waals surface area contributed by atoms with Gasteiger partial charge >= 0.3 is 5.97 Å². The number of rotatable bonds is 6. The Labute approximate surface area is 178 Å². The van der Waals surface area contributed by atoms with Crippen LogP contribution in [0, 0.1) is 23.7 Å². The van der Waals surface area contributed by atoms with Crippen molar-refractivity contribution < 1.29 is 19.5 Å². The van der Waals surface area contributed by atoms with Crippen LogP contribution < -0.4 is 10.6 Å². The van der Waals surface area contributed by atoms with E-state index < -0.39 is 17.8 Å². The minimum atomic E-state index is -0.935. The van der Waals surface area contributed by atoms with Gasteiger partial charge in [0.2, 0.25) is 5.91 Å². The zero-order valence-corrected chi connectivity index (χ0v) is 17.0. The van der Waals surface area contributed by atoms with Crippen molar-refractivity contribution in [2.24, 2.45) is 23.7 Å². The fraction of sp³-hybridized carbons (Fsp3) is 0.348. The van der Waals surface area contributed by atoms with E-state index in [4.69, 9.17) is 0 Å². The Balaban J connectivity index is 1.46. The molecule has 0 unspecified atom stereocenters. The molecule has 3 aliphatic rings. The summed E-state index contributed by atoms with van der Waals surface area (Å²) in [6.45, 7) is 0. The summed E-state index contributed by atoms with van der Waals surface area (Å²) < 4.78 is 0. The highest BCUT2D eigenvalue weighted by Crippen LogP contribution is 2.49. The minimum absolute atomic E-state index is 0.0617. The maximum absolute atomic E-state index is 13.1. The third-order valence-electron chi connectivity index (χ3n) is 6.30. The molecule has 2 aromatic rings. The normalized spacial score (nSPS) is 26.5. The Morgan fingerprint density at radius 1 is 1.00 bits per heavy atom. The molecule has 30 heavy (non-hydrogen) atoms. The summed E-state index contributed by atoms with van der Waals surface area (Å²) in [4.78, 5) is 37.9. The number of benzene rings is 1. The number of carbonyl (C=O) groups excluding carboxylic acids is 2. The summed E-state index contributed by atoms with van der Waals surface area (Å²) in [6.07, 6.45) is 6.51. The van der Waals surface area contributed by atoms with E-state index in [-0.39, 0.29) is 29.7 Å². The summed E-state index contributed by atoms with van der Waals surface area (Å²) in [7, 11) is 0. The molecule has 5 rings (SSSR count). The summed E-state index contributed by atoms with van der Waals surface area (Å²) in [5.41, 5.74) is 2.13. The summed E-state index contributed by atoms with van der Waals surface area (Å²) in [6, 6.07) is 9.79. The lowest BCUT2D eigenvalue weighted by Gasteiger charge is -2.23. The van der Waals surface area contributed by atoms with Crippen LogP contribution in [-0.2, 0) is 9.59 Å². The zero-order chi connectivity index (χ0) is 20.8. The standard InChI is InChI=1S/C23H22N2O4S/c26-20(17-13-6-7-14(10-13)18(17)23(28)29)25-22-19(21(27)24-15-8-9-15)16(11-30-22)12-4-2-1-3-5-12/h1-7,11,13-15,17-18H,8-10H2,(H,24,27)(H,25,26)(H,28,29)/t13-,14+,17-,18-/m0/s1. The molecule has 2 saturated carbocycles. The molecule has 2 amide bonds. The van der Waals surface area contributed by atoms with Crippen molar-refractivity contribution in [2.45, 2.75) is 25.3 Å². The van der Waals surface area contributed by atoms with Gasteiger partial charge in [0.05, 0.1) is 17.4 Å². The number of hydrogen-bond acceptors (Lipinski definition) is 4. The van der Waals surface area contributed by atoms with Gasteiger partial charge in [-0.25, -0.2) is 0 Å². The molecule has 2 fully saturated rings. The largest absolute Gasteiger partial charge is 0.481 e. The van der Waals surface area contributed by atoms with Crippen molar-refractivity contribution in [1.29, 1.82) is 0 Å². The number of aliphatic carboxylic acids is 1. The number of fused-ring (bicyclic) bond motifs is 2. The van der Waals surface area contributed by atoms with E-state index in [2.05, 4.69) is 10.6 Å². The number of hydrogen-bond donors (Lipinski definition) is 3. The molecule has 7 heteroatoms. The van der Waals surface area contributed by atoms with E-state index in [0.29, 0.717) is 17.0 Å². The zero-order valence-electron chi connectivity index (χ0n) is 16.2.